The molecule has 1 aromatic heterocycles. The molecule has 4 heteroatoms. The Morgan fingerprint density at radius 1 is 1.57 bits per heavy atom. The molecule has 0 aliphatic rings. The van der Waals surface area contributed by atoms with Crippen LogP contribution in [0.2, 0.25) is 0 Å². The fraction of sp³-hybridized carbons (Fsp3) is 0.600. The molecule has 1 unspecified atom stereocenters. The highest BCUT2D eigenvalue weighted by molar-refractivity contribution is 5.29. The minimum Gasteiger partial charge on any atom is -0.394 e. The predicted molar refractivity (Wildman–Crippen MR) is 56.2 cm³/mol. The Kier molecular flexibility index (Phi) is 3.41. The molecule has 1 rings (SSSR count). The number of rotatable bonds is 4. The summed E-state index contributed by atoms with van der Waals surface area (Å²) in [4.78, 5) is 8.31. The fourth-order valence-corrected chi connectivity index (χ4v) is 1.02. The lowest BCUT2D eigenvalue weighted by atomic mass is 10.0. The molecule has 1 atom stereocenters. The van der Waals surface area contributed by atoms with Crippen LogP contribution in [0, 0.1) is 6.92 Å². The van der Waals surface area contributed by atoms with Gasteiger partial charge in [-0.05, 0) is 26.3 Å². The normalized spacial score (nSPS) is 14.9. The largest absolute Gasteiger partial charge is 0.394 e. The van der Waals surface area contributed by atoms with E-state index in [4.69, 9.17) is 0 Å². The van der Waals surface area contributed by atoms with E-state index in [1.54, 1.807) is 6.20 Å². The van der Waals surface area contributed by atoms with Gasteiger partial charge in [0.1, 0.15) is 0 Å². The van der Waals surface area contributed by atoms with Crippen LogP contribution in [0.25, 0.3) is 0 Å². The predicted octanol–water partition coefficient (Wildman–Crippen LogP) is 1.36. The van der Waals surface area contributed by atoms with Crippen LogP contribution in [0.1, 0.15) is 26.0 Å². The van der Waals surface area contributed by atoms with Crippen molar-refractivity contribution in [3.8, 4) is 0 Å². The van der Waals surface area contributed by atoms with Crippen LogP contribution in [0.3, 0.4) is 0 Å². The maximum absolute atomic E-state index is 9.20. The van der Waals surface area contributed by atoms with Crippen molar-refractivity contribution in [2.75, 3.05) is 11.9 Å². The molecule has 2 N–H and O–H groups in total. The van der Waals surface area contributed by atoms with Gasteiger partial charge >= 0.3 is 0 Å². The van der Waals surface area contributed by atoms with Gasteiger partial charge in [0, 0.05) is 11.9 Å². The summed E-state index contributed by atoms with van der Waals surface area (Å²) in [6, 6.07) is 1.84. The maximum Gasteiger partial charge on any atom is 0.223 e. The molecule has 4 nitrogen and oxygen atoms in total. The molecule has 0 aromatic carbocycles. The summed E-state index contributed by atoms with van der Waals surface area (Å²) in [5, 5.41) is 12.3. The number of aliphatic hydroxyl groups excluding tert-OH is 1. The summed E-state index contributed by atoms with van der Waals surface area (Å²) in [5.74, 6) is 0.573. The monoisotopic (exact) mass is 195 g/mol. The molecule has 0 spiro atoms. The number of aromatic nitrogens is 2. The van der Waals surface area contributed by atoms with Crippen molar-refractivity contribution in [3.63, 3.8) is 0 Å². The zero-order valence-corrected chi connectivity index (χ0v) is 8.91. The fourth-order valence-electron chi connectivity index (χ4n) is 1.02. The van der Waals surface area contributed by atoms with Crippen LogP contribution in [0.5, 0.6) is 0 Å². The molecule has 0 saturated carbocycles. The molecule has 1 aromatic rings. The second kappa shape index (κ2) is 4.37. The van der Waals surface area contributed by atoms with Gasteiger partial charge in [-0.15, -0.1) is 0 Å². The van der Waals surface area contributed by atoms with E-state index < -0.39 is 0 Å². The molecule has 0 saturated heterocycles. The first-order valence-electron chi connectivity index (χ1n) is 4.78. The van der Waals surface area contributed by atoms with Crippen molar-refractivity contribution < 1.29 is 5.11 Å². The topological polar surface area (TPSA) is 58.0 Å². The molecular weight excluding hydrogens is 178 g/mol. The summed E-state index contributed by atoms with van der Waals surface area (Å²) in [6.07, 6.45) is 2.53. The van der Waals surface area contributed by atoms with E-state index >= 15 is 0 Å². The van der Waals surface area contributed by atoms with Crippen molar-refractivity contribution in [2.24, 2.45) is 0 Å². The van der Waals surface area contributed by atoms with E-state index in [1.807, 2.05) is 26.8 Å². The molecule has 0 fully saturated rings. The first-order valence-corrected chi connectivity index (χ1v) is 4.78. The van der Waals surface area contributed by atoms with Crippen LogP contribution in [-0.4, -0.2) is 27.2 Å². The third kappa shape index (κ3) is 2.67. The smallest absolute Gasteiger partial charge is 0.223 e. The maximum atomic E-state index is 9.20. The molecule has 0 aliphatic carbocycles. The quantitative estimate of drug-likeness (QED) is 0.761. The van der Waals surface area contributed by atoms with Crippen LogP contribution in [-0.2, 0) is 0 Å². The first-order chi connectivity index (χ1) is 6.59. The summed E-state index contributed by atoms with van der Waals surface area (Å²) in [7, 11) is 0. The van der Waals surface area contributed by atoms with E-state index in [-0.39, 0.29) is 12.1 Å². The number of hydrogen-bond donors (Lipinski definition) is 2. The van der Waals surface area contributed by atoms with Crippen molar-refractivity contribution in [1.82, 2.24) is 9.97 Å². The minimum atomic E-state index is -0.339. The molecule has 14 heavy (non-hydrogen) atoms. The van der Waals surface area contributed by atoms with Crippen molar-refractivity contribution >= 4 is 5.95 Å². The van der Waals surface area contributed by atoms with Gasteiger partial charge in [0.2, 0.25) is 5.95 Å². The second-order valence-corrected chi connectivity index (χ2v) is 3.72. The SMILES string of the molecule is CCC(C)(CO)Nc1nccc(C)n1. The Morgan fingerprint density at radius 3 is 2.79 bits per heavy atom. The summed E-state index contributed by atoms with van der Waals surface area (Å²) >= 11 is 0. The van der Waals surface area contributed by atoms with Gasteiger partial charge in [-0.25, -0.2) is 9.97 Å². The molecule has 0 aliphatic heterocycles. The Hall–Kier alpha value is -1.16. The second-order valence-electron chi connectivity index (χ2n) is 3.72. The third-order valence-electron chi connectivity index (χ3n) is 2.34. The standard InChI is InChI=1S/C10H17N3O/c1-4-10(3,7-14)13-9-11-6-5-8(2)12-9/h5-6,14H,4,7H2,1-3H3,(H,11,12,13). The van der Waals surface area contributed by atoms with Crippen LogP contribution in [0.15, 0.2) is 12.3 Å². The highest BCUT2D eigenvalue weighted by atomic mass is 16.3. The van der Waals surface area contributed by atoms with Gasteiger partial charge in [0.25, 0.3) is 0 Å². The lowest BCUT2D eigenvalue weighted by Gasteiger charge is -2.27. The summed E-state index contributed by atoms with van der Waals surface area (Å²) in [5.41, 5.74) is 0.576. The number of anilines is 1. The van der Waals surface area contributed by atoms with Crippen LogP contribution in [0.4, 0.5) is 5.95 Å². The number of nitrogens with zero attached hydrogens (tertiary/aromatic N) is 2. The van der Waals surface area contributed by atoms with Gasteiger partial charge in [-0.3, -0.25) is 0 Å². The van der Waals surface area contributed by atoms with Gasteiger partial charge in [-0.2, -0.15) is 0 Å². The molecular formula is C10H17N3O. The number of aryl methyl sites for hydroxylation is 1. The lowest BCUT2D eigenvalue weighted by molar-refractivity contribution is 0.218. The third-order valence-corrected chi connectivity index (χ3v) is 2.34. The van der Waals surface area contributed by atoms with Crippen molar-refractivity contribution in [2.45, 2.75) is 32.7 Å². The molecule has 1 heterocycles. The molecule has 78 valence electrons. The van der Waals surface area contributed by atoms with Crippen molar-refractivity contribution in [1.29, 1.82) is 0 Å². The number of aliphatic hydroxyl groups is 1. The van der Waals surface area contributed by atoms with E-state index in [0.717, 1.165) is 12.1 Å². The average Bonchev–Trinajstić information content (AvgIpc) is 2.18. The van der Waals surface area contributed by atoms with E-state index in [9.17, 15) is 5.11 Å². The van der Waals surface area contributed by atoms with Crippen LogP contribution >= 0.6 is 0 Å². The number of nitrogens with one attached hydrogen (secondary N) is 1. The Labute approximate surface area is 84.4 Å². The number of hydrogen-bond acceptors (Lipinski definition) is 4. The highest BCUT2D eigenvalue weighted by Gasteiger charge is 2.21. The lowest BCUT2D eigenvalue weighted by Crippen LogP contribution is -2.38. The zero-order chi connectivity index (χ0) is 10.6. The van der Waals surface area contributed by atoms with Crippen LogP contribution < -0.4 is 5.32 Å². The first kappa shape index (κ1) is 10.9. The zero-order valence-electron chi connectivity index (χ0n) is 8.91. The minimum absolute atomic E-state index is 0.0702. The Balaban J connectivity index is 2.77. The molecule has 0 bridgehead atoms. The molecule has 0 radical (unpaired) electrons. The Bertz CT molecular complexity index is 297. The summed E-state index contributed by atoms with van der Waals surface area (Å²) in [6.45, 7) is 5.94. The summed E-state index contributed by atoms with van der Waals surface area (Å²) < 4.78 is 0. The van der Waals surface area contributed by atoms with E-state index in [2.05, 4.69) is 15.3 Å². The Morgan fingerprint density at radius 2 is 2.29 bits per heavy atom. The van der Waals surface area contributed by atoms with Gasteiger partial charge < -0.3 is 10.4 Å². The van der Waals surface area contributed by atoms with Gasteiger partial charge in [-0.1, -0.05) is 6.92 Å². The van der Waals surface area contributed by atoms with E-state index in [1.165, 1.54) is 0 Å². The van der Waals surface area contributed by atoms with Gasteiger partial charge in [0.15, 0.2) is 0 Å². The average molecular weight is 195 g/mol. The molecule has 0 amide bonds. The van der Waals surface area contributed by atoms with Crippen molar-refractivity contribution in [3.05, 3.63) is 18.0 Å². The van der Waals surface area contributed by atoms with Gasteiger partial charge in [0.05, 0.1) is 12.1 Å². The van der Waals surface area contributed by atoms with E-state index in [0.29, 0.717) is 5.95 Å². The highest BCUT2D eigenvalue weighted by Crippen LogP contribution is 2.14.